The molecule has 0 spiro atoms. The van der Waals surface area contributed by atoms with Crippen molar-refractivity contribution in [3.05, 3.63) is 29.3 Å². The van der Waals surface area contributed by atoms with Gasteiger partial charge in [-0.2, -0.15) is 0 Å². The van der Waals surface area contributed by atoms with E-state index in [0.717, 1.165) is 19.0 Å². The van der Waals surface area contributed by atoms with Crippen molar-refractivity contribution >= 4 is 5.69 Å². The monoisotopic (exact) mass is 258 g/mol. The fraction of sp³-hybridized carbons (Fsp3) is 0.647. The van der Waals surface area contributed by atoms with Gasteiger partial charge >= 0.3 is 0 Å². The van der Waals surface area contributed by atoms with Crippen LogP contribution in [0, 0.1) is 5.92 Å². The molecule has 0 amide bonds. The second-order valence-corrected chi connectivity index (χ2v) is 6.15. The van der Waals surface area contributed by atoms with E-state index in [1.165, 1.54) is 62.0 Å². The maximum atomic E-state index is 3.49. The molecular weight excluding hydrogens is 232 g/mol. The van der Waals surface area contributed by atoms with Crippen LogP contribution in [0.25, 0.3) is 0 Å². The summed E-state index contributed by atoms with van der Waals surface area (Å²) in [5, 5.41) is 3.49. The summed E-state index contributed by atoms with van der Waals surface area (Å²) < 4.78 is 0. The molecule has 0 bridgehead atoms. The Morgan fingerprint density at radius 3 is 2.89 bits per heavy atom. The van der Waals surface area contributed by atoms with Crippen molar-refractivity contribution in [1.82, 2.24) is 4.90 Å². The van der Waals surface area contributed by atoms with Crippen molar-refractivity contribution in [2.24, 2.45) is 5.92 Å². The molecule has 3 rings (SSSR count). The Hall–Kier alpha value is -1.02. The third-order valence-electron chi connectivity index (χ3n) is 4.70. The smallest absolute Gasteiger partial charge is 0.0372 e. The average molecular weight is 258 g/mol. The molecule has 19 heavy (non-hydrogen) atoms. The third kappa shape index (κ3) is 3.11. The van der Waals surface area contributed by atoms with Crippen LogP contribution in [0.4, 0.5) is 5.69 Å². The minimum atomic E-state index is 0.972. The van der Waals surface area contributed by atoms with Crippen molar-refractivity contribution < 1.29 is 0 Å². The zero-order chi connectivity index (χ0) is 13.1. The first-order valence-corrected chi connectivity index (χ1v) is 7.93. The lowest BCUT2D eigenvalue weighted by Crippen LogP contribution is -2.32. The van der Waals surface area contributed by atoms with Crippen molar-refractivity contribution in [3.63, 3.8) is 0 Å². The van der Waals surface area contributed by atoms with Crippen molar-refractivity contribution in [2.45, 2.75) is 45.6 Å². The Morgan fingerprint density at radius 2 is 2.16 bits per heavy atom. The van der Waals surface area contributed by atoms with Gasteiger partial charge in [-0.25, -0.2) is 0 Å². The van der Waals surface area contributed by atoms with Gasteiger partial charge in [-0.3, -0.25) is 4.90 Å². The molecule has 1 aliphatic carbocycles. The summed E-state index contributed by atoms with van der Waals surface area (Å²) in [4.78, 5) is 2.61. The molecule has 2 nitrogen and oxygen atoms in total. The Labute approximate surface area is 117 Å². The summed E-state index contributed by atoms with van der Waals surface area (Å²) in [6.45, 7) is 7.02. The van der Waals surface area contributed by atoms with Gasteiger partial charge < -0.3 is 5.32 Å². The first-order valence-electron chi connectivity index (χ1n) is 7.93. The highest BCUT2D eigenvalue weighted by atomic mass is 15.1. The molecule has 1 saturated carbocycles. The minimum Gasteiger partial charge on any atom is -0.385 e. The van der Waals surface area contributed by atoms with Crippen LogP contribution in [0.5, 0.6) is 0 Å². The average Bonchev–Trinajstić information content (AvgIpc) is 2.41. The fourth-order valence-corrected chi connectivity index (χ4v) is 3.23. The van der Waals surface area contributed by atoms with Gasteiger partial charge in [-0.05, 0) is 55.3 Å². The van der Waals surface area contributed by atoms with Crippen LogP contribution >= 0.6 is 0 Å². The molecule has 0 atom stereocenters. The summed E-state index contributed by atoms with van der Waals surface area (Å²) >= 11 is 0. The Bertz CT molecular complexity index is 423. The Kier molecular flexibility index (Phi) is 4.07. The molecule has 0 saturated heterocycles. The van der Waals surface area contributed by atoms with Crippen molar-refractivity contribution in [3.8, 4) is 0 Å². The van der Waals surface area contributed by atoms with E-state index in [1.54, 1.807) is 0 Å². The summed E-state index contributed by atoms with van der Waals surface area (Å²) in [6.07, 6.45) is 6.86. The fourth-order valence-electron chi connectivity index (χ4n) is 3.23. The molecule has 1 heterocycles. The number of aryl methyl sites for hydroxylation is 1. The lowest BCUT2D eigenvalue weighted by atomic mass is 9.85. The van der Waals surface area contributed by atoms with Gasteiger partial charge in [-0.15, -0.1) is 0 Å². The van der Waals surface area contributed by atoms with Gasteiger partial charge in [0.05, 0.1) is 0 Å². The number of rotatable bonds is 5. The largest absolute Gasteiger partial charge is 0.385 e. The number of hydrogen-bond acceptors (Lipinski definition) is 2. The second-order valence-electron chi connectivity index (χ2n) is 6.15. The topological polar surface area (TPSA) is 15.3 Å². The van der Waals surface area contributed by atoms with Crippen LogP contribution in [0.1, 0.15) is 43.7 Å². The highest BCUT2D eigenvalue weighted by molar-refractivity contribution is 5.54. The lowest BCUT2D eigenvalue weighted by molar-refractivity contribution is 0.178. The summed E-state index contributed by atoms with van der Waals surface area (Å²) in [6, 6.07) is 7.01. The van der Waals surface area contributed by atoms with Crippen molar-refractivity contribution in [2.75, 3.05) is 25.0 Å². The van der Waals surface area contributed by atoms with Crippen LogP contribution in [-0.4, -0.2) is 24.5 Å². The molecule has 0 unspecified atom stereocenters. The SMILES string of the molecule is CCN(Cc1ccc2c(c1)CCCN2)CC1CCC1. The van der Waals surface area contributed by atoms with E-state index >= 15 is 0 Å². The Balaban J connectivity index is 1.63. The van der Waals surface area contributed by atoms with E-state index in [4.69, 9.17) is 0 Å². The maximum Gasteiger partial charge on any atom is 0.0372 e. The van der Waals surface area contributed by atoms with E-state index in [0.29, 0.717) is 0 Å². The van der Waals surface area contributed by atoms with E-state index in [2.05, 4.69) is 35.3 Å². The summed E-state index contributed by atoms with van der Waals surface area (Å²) in [5.74, 6) is 0.972. The zero-order valence-corrected chi connectivity index (χ0v) is 12.1. The minimum absolute atomic E-state index is 0.972. The number of hydrogen-bond donors (Lipinski definition) is 1. The molecule has 0 aromatic heterocycles. The molecule has 1 fully saturated rings. The Morgan fingerprint density at radius 1 is 1.26 bits per heavy atom. The molecule has 1 aromatic rings. The number of nitrogens with zero attached hydrogens (tertiary/aromatic N) is 1. The van der Waals surface area contributed by atoms with Crippen LogP contribution in [0.3, 0.4) is 0 Å². The van der Waals surface area contributed by atoms with Gasteiger partial charge in [-0.1, -0.05) is 25.5 Å². The normalized spacial score (nSPS) is 18.8. The predicted octanol–water partition coefficient (Wildman–Crippen LogP) is 3.67. The first kappa shape index (κ1) is 13.0. The summed E-state index contributed by atoms with van der Waals surface area (Å²) in [5.41, 5.74) is 4.36. The van der Waals surface area contributed by atoms with Crippen LogP contribution < -0.4 is 5.32 Å². The van der Waals surface area contributed by atoms with E-state index < -0.39 is 0 Å². The van der Waals surface area contributed by atoms with E-state index in [-0.39, 0.29) is 0 Å². The predicted molar refractivity (Wildman–Crippen MR) is 81.5 cm³/mol. The number of benzene rings is 1. The molecule has 2 heteroatoms. The molecule has 1 N–H and O–H groups in total. The van der Waals surface area contributed by atoms with Gasteiger partial charge in [0.15, 0.2) is 0 Å². The van der Waals surface area contributed by atoms with Crippen molar-refractivity contribution in [1.29, 1.82) is 0 Å². The molecule has 0 radical (unpaired) electrons. The van der Waals surface area contributed by atoms with Gasteiger partial charge in [0, 0.05) is 25.3 Å². The lowest BCUT2D eigenvalue weighted by Gasteiger charge is -2.32. The van der Waals surface area contributed by atoms with E-state index in [9.17, 15) is 0 Å². The zero-order valence-electron chi connectivity index (χ0n) is 12.1. The maximum absolute atomic E-state index is 3.49. The van der Waals surface area contributed by atoms with Crippen LogP contribution in [0.15, 0.2) is 18.2 Å². The number of fused-ring (bicyclic) bond motifs is 1. The van der Waals surface area contributed by atoms with E-state index in [1.807, 2.05) is 0 Å². The second kappa shape index (κ2) is 5.96. The molecule has 2 aliphatic rings. The molecule has 1 aromatic carbocycles. The highest BCUT2D eigenvalue weighted by Gasteiger charge is 2.20. The van der Waals surface area contributed by atoms with Crippen LogP contribution in [-0.2, 0) is 13.0 Å². The van der Waals surface area contributed by atoms with Gasteiger partial charge in [0.1, 0.15) is 0 Å². The molecular formula is C17H26N2. The molecule has 1 aliphatic heterocycles. The number of nitrogens with one attached hydrogen (secondary N) is 1. The molecule has 104 valence electrons. The summed E-state index contributed by atoms with van der Waals surface area (Å²) in [7, 11) is 0. The van der Waals surface area contributed by atoms with Gasteiger partial charge in [0.2, 0.25) is 0 Å². The standard InChI is InChI=1S/C17H26N2/c1-2-19(12-14-5-3-6-14)13-15-8-9-17-16(11-15)7-4-10-18-17/h8-9,11,14,18H,2-7,10,12-13H2,1H3. The van der Waals surface area contributed by atoms with Crippen LogP contribution in [0.2, 0.25) is 0 Å². The highest BCUT2D eigenvalue weighted by Crippen LogP contribution is 2.28. The number of anilines is 1. The quantitative estimate of drug-likeness (QED) is 0.867. The van der Waals surface area contributed by atoms with Gasteiger partial charge in [0.25, 0.3) is 0 Å². The third-order valence-corrected chi connectivity index (χ3v) is 4.70. The first-order chi connectivity index (χ1) is 9.35.